The molecule has 0 unspecified atom stereocenters. The number of carbonyl (C=O) groups is 2. The number of ether oxygens (including phenoxy) is 2. The molecular formula is C11H19NO4. The van der Waals surface area contributed by atoms with Crippen molar-refractivity contribution >= 4 is 11.9 Å². The van der Waals surface area contributed by atoms with Crippen molar-refractivity contribution in [2.75, 3.05) is 20.8 Å². The normalized spacial score (nSPS) is 25.3. The van der Waals surface area contributed by atoms with Crippen LogP contribution in [0.1, 0.15) is 26.2 Å². The van der Waals surface area contributed by atoms with Gasteiger partial charge in [0, 0.05) is 20.1 Å². The SMILES string of the molecule is COC(=O)N1CCC[C@@H](OC)[C@H]1CC(C)=O. The Morgan fingerprint density at radius 1 is 1.38 bits per heavy atom. The fraction of sp³-hybridized carbons (Fsp3) is 0.818. The topological polar surface area (TPSA) is 55.8 Å². The van der Waals surface area contributed by atoms with Gasteiger partial charge in [-0.05, 0) is 19.8 Å². The molecule has 0 aromatic heterocycles. The average Bonchev–Trinajstić information content (AvgIpc) is 2.27. The lowest BCUT2D eigenvalue weighted by atomic mass is 9.95. The van der Waals surface area contributed by atoms with E-state index in [1.807, 2.05) is 0 Å². The lowest BCUT2D eigenvalue weighted by Gasteiger charge is -2.39. The Bertz CT molecular complexity index is 267. The minimum absolute atomic E-state index is 0.0582. The third-order valence-corrected chi connectivity index (χ3v) is 2.93. The van der Waals surface area contributed by atoms with Gasteiger partial charge in [0.25, 0.3) is 0 Å². The number of hydrogen-bond donors (Lipinski definition) is 0. The second-order valence-electron chi connectivity index (χ2n) is 4.05. The minimum Gasteiger partial charge on any atom is -0.453 e. The summed E-state index contributed by atoms with van der Waals surface area (Å²) in [6, 6.07) is -0.191. The molecule has 5 heteroatoms. The van der Waals surface area contributed by atoms with Gasteiger partial charge in [-0.15, -0.1) is 0 Å². The summed E-state index contributed by atoms with van der Waals surface area (Å²) < 4.78 is 10.0. The van der Waals surface area contributed by atoms with Gasteiger partial charge in [-0.3, -0.25) is 4.79 Å². The number of amides is 1. The lowest BCUT2D eigenvalue weighted by molar-refractivity contribution is -0.120. The van der Waals surface area contributed by atoms with Crippen LogP contribution in [0.4, 0.5) is 4.79 Å². The molecule has 0 saturated carbocycles. The van der Waals surface area contributed by atoms with Crippen LogP contribution in [0.3, 0.4) is 0 Å². The molecule has 1 saturated heterocycles. The molecule has 5 nitrogen and oxygen atoms in total. The number of nitrogens with zero attached hydrogens (tertiary/aromatic N) is 1. The van der Waals surface area contributed by atoms with Crippen molar-refractivity contribution in [2.24, 2.45) is 0 Å². The molecule has 0 radical (unpaired) electrons. The third kappa shape index (κ3) is 2.95. The van der Waals surface area contributed by atoms with E-state index in [1.165, 1.54) is 14.0 Å². The average molecular weight is 229 g/mol. The van der Waals surface area contributed by atoms with Gasteiger partial charge < -0.3 is 14.4 Å². The third-order valence-electron chi connectivity index (χ3n) is 2.93. The van der Waals surface area contributed by atoms with Crippen LogP contribution in [0.5, 0.6) is 0 Å². The molecule has 0 spiro atoms. The van der Waals surface area contributed by atoms with E-state index in [1.54, 1.807) is 12.0 Å². The molecule has 0 aromatic rings. The zero-order valence-electron chi connectivity index (χ0n) is 10.1. The first-order valence-corrected chi connectivity index (χ1v) is 5.47. The highest BCUT2D eigenvalue weighted by atomic mass is 16.5. The second kappa shape index (κ2) is 5.84. The van der Waals surface area contributed by atoms with Crippen LogP contribution in [0, 0.1) is 0 Å². The maximum Gasteiger partial charge on any atom is 0.409 e. The highest BCUT2D eigenvalue weighted by Crippen LogP contribution is 2.23. The summed E-state index contributed by atoms with van der Waals surface area (Å²) in [5, 5.41) is 0. The maximum absolute atomic E-state index is 11.6. The summed E-state index contributed by atoms with van der Waals surface area (Å²) in [4.78, 5) is 24.3. The Hall–Kier alpha value is -1.10. The van der Waals surface area contributed by atoms with Gasteiger partial charge in [0.05, 0.1) is 19.3 Å². The summed E-state index contributed by atoms with van der Waals surface area (Å²) >= 11 is 0. The first-order valence-electron chi connectivity index (χ1n) is 5.47. The number of likely N-dealkylation sites (tertiary alicyclic amines) is 1. The molecule has 16 heavy (non-hydrogen) atoms. The molecule has 1 rings (SSSR count). The smallest absolute Gasteiger partial charge is 0.409 e. The van der Waals surface area contributed by atoms with E-state index in [2.05, 4.69) is 0 Å². The Morgan fingerprint density at radius 3 is 2.56 bits per heavy atom. The largest absolute Gasteiger partial charge is 0.453 e. The van der Waals surface area contributed by atoms with E-state index < -0.39 is 0 Å². The highest BCUT2D eigenvalue weighted by molar-refractivity contribution is 5.77. The summed E-state index contributed by atoms with van der Waals surface area (Å²) in [5.41, 5.74) is 0. The van der Waals surface area contributed by atoms with Gasteiger partial charge in [0.1, 0.15) is 5.78 Å². The van der Waals surface area contributed by atoms with Crippen LogP contribution in [0.15, 0.2) is 0 Å². The van der Waals surface area contributed by atoms with Crippen molar-refractivity contribution in [3.8, 4) is 0 Å². The molecule has 1 aliphatic rings. The Balaban J connectivity index is 2.78. The molecule has 0 aliphatic carbocycles. The molecule has 2 atom stereocenters. The number of Topliss-reactive ketones (excluding diaryl/α,β-unsaturated/α-hetero) is 1. The number of ketones is 1. The molecule has 0 bridgehead atoms. The van der Waals surface area contributed by atoms with E-state index in [0.29, 0.717) is 13.0 Å². The number of rotatable bonds is 3. The van der Waals surface area contributed by atoms with Crippen LogP contribution in [-0.2, 0) is 14.3 Å². The summed E-state index contributed by atoms with van der Waals surface area (Å²) in [7, 11) is 2.96. The van der Waals surface area contributed by atoms with E-state index >= 15 is 0 Å². The van der Waals surface area contributed by atoms with E-state index in [0.717, 1.165) is 12.8 Å². The number of methoxy groups -OCH3 is 2. The summed E-state index contributed by atoms with van der Waals surface area (Å²) in [6.45, 7) is 2.15. The van der Waals surface area contributed by atoms with E-state index in [9.17, 15) is 9.59 Å². The quantitative estimate of drug-likeness (QED) is 0.730. The van der Waals surface area contributed by atoms with Crippen molar-refractivity contribution in [1.29, 1.82) is 0 Å². The highest BCUT2D eigenvalue weighted by Gasteiger charge is 2.35. The number of piperidine rings is 1. The predicted octanol–water partition coefficient (Wildman–Crippen LogP) is 1.21. The van der Waals surface area contributed by atoms with Gasteiger partial charge in [-0.25, -0.2) is 4.79 Å². The summed E-state index contributed by atoms with van der Waals surface area (Å²) in [5.74, 6) is 0.0582. The molecular weight excluding hydrogens is 210 g/mol. The van der Waals surface area contributed by atoms with Crippen LogP contribution in [0.25, 0.3) is 0 Å². The molecule has 1 aliphatic heterocycles. The summed E-state index contributed by atoms with van der Waals surface area (Å²) in [6.07, 6.45) is 1.63. The molecule has 1 amide bonds. The molecule has 1 heterocycles. The fourth-order valence-electron chi connectivity index (χ4n) is 2.18. The van der Waals surface area contributed by atoms with Gasteiger partial charge in [0.2, 0.25) is 0 Å². The van der Waals surface area contributed by atoms with Crippen molar-refractivity contribution in [3.63, 3.8) is 0 Å². The Kier molecular flexibility index (Phi) is 4.73. The monoisotopic (exact) mass is 229 g/mol. The molecule has 0 N–H and O–H groups in total. The van der Waals surface area contributed by atoms with Gasteiger partial charge >= 0.3 is 6.09 Å². The number of hydrogen-bond acceptors (Lipinski definition) is 4. The van der Waals surface area contributed by atoms with Crippen molar-refractivity contribution in [2.45, 2.75) is 38.3 Å². The minimum atomic E-state index is -0.381. The van der Waals surface area contributed by atoms with Crippen LogP contribution >= 0.6 is 0 Å². The van der Waals surface area contributed by atoms with Crippen LogP contribution in [-0.4, -0.2) is 49.7 Å². The fourth-order valence-corrected chi connectivity index (χ4v) is 2.18. The van der Waals surface area contributed by atoms with Crippen molar-refractivity contribution < 1.29 is 19.1 Å². The van der Waals surface area contributed by atoms with Gasteiger partial charge in [-0.1, -0.05) is 0 Å². The Morgan fingerprint density at radius 2 is 2.06 bits per heavy atom. The van der Waals surface area contributed by atoms with E-state index in [-0.39, 0.29) is 24.0 Å². The predicted molar refractivity (Wildman–Crippen MR) is 58.2 cm³/mol. The van der Waals surface area contributed by atoms with Crippen LogP contribution in [0.2, 0.25) is 0 Å². The van der Waals surface area contributed by atoms with Gasteiger partial charge in [-0.2, -0.15) is 0 Å². The maximum atomic E-state index is 11.6. The van der Waals surface area contributed by atoms with Crippen molar-refractivity contribution in [3.05, 3.63) is 0 Å². The van der Waals surface area contributed by atoms with Crippen LogP contribution < -0.4 is 0 Å². The second-order valence-corrected chi connectivity index (χ2v) is 4.05. The van der Waals surface area contributed by atoms with Gasteiger partial charge in [0.15, 0.2) is 0 Å². The molecule has 92 valence electrons. The van der Waals surface area contributed by atoms with E-state index in [4.69, 9.17) is 9.47 Å². The molecule has 0 aromatic carbocycles. The number of carbonyl (C=O) groups excluding carboxylic acids is 2. The Labute approximate surface area is 95.7 Å². The van der Waals surface area contributed by atoms with Crippen molar-refractivity contribution in [1.82, 2.24) is 4.90 Å². The first kappa shape index (κ1) is 13.0. The standard InChI is InChI=1S/C11H19NO4/c1-8(13)7-9-10(15-2)5-4-6-12(9)11(14)16-3/h9-10H,4-7H2,1-3H3/t9-,10-/m1/s1. The zero-order valence-corrected chi connectivity index (χ0v) is 10.1. The lowest BCUT2D eigenvalue weighted by Crippen LogP contribution is -2.52. The first-order chi connectivity index (χ1) is 7.60. The molecule has 1 fully saturated rings. The zero-order chi connectivity index (χ0) is 12.1.